The molecular weight excluding hydrogens is 377 g/mol. The van der Waals surface area contributed by atoms with Gasteiger partial charge in [-0.3, -0.25) is 0 Å². The smallest absolute Gasteiger partial charge is 0.392 e. The second kappa shape index (κ2) is 6.05. The Balaban J connectivity index is 2.26. The third-order valence-corrected chi connectivity index (χ3v) is 4.91. The molecule has 1 nitrogen and oxygen atoms in total. The average Bonchev–Trinajstić information content (AvgIpc) is 2.81. The molecule has 7 heteroatoms. The van der Waals surface area contributed by atoms with Gasteiger partial charge in [0, 0.05) is 20.8 Å². The van der Waals surface area contributed by atoms with Crippen LogP contribution in [-0.2, 0) is 19.2 Å². The third-order valence-electron chi connectivity index (χ3n) is 2.69. The Labute approximate surface area is 131 Å². The van der Waals surface area contributed by atoms with Crippen molar-refractivity contribution in [2.75, 3.05) is 0 Å². The van der Waals surface area contributed by atoms with Crippen molar-refractivity contribution in [1.29, 1.82) is 0 Å². The normalized spacial score (nSPS) is 11.9. The molecule has 20 heavy (non-hydrogen) atoms. The number of hydrogen-bond acceptors (Lipinski definition) is 2. The minimum atomic E-state index is -4.31. The van der Waals surface area contributed by atoms with E-state index in [-0.39, 0.29) is 6.61 Å². The molecule has 108 valence electrons. The summed E-state index contributed by atoms with van der Waals surface area (Å²) in [5, 5.41) is 9.53. The molecule has 1 N–H and O–H groups in total. The quantitative estimate of drug-likeness (QED) is 0.763. The van der Waals surface area contributed by atoms with E-state index in [2.05, 4.69) is 15.9 Å². The summed E-state index contributed by atoms with van der Waals surface area (Å²) < 4.78 is 38.3. The first kappa shape index (κ1) is 15.8. The molecule has 0 fully saturated rings. The van der Waals surface area contributed by atoms with Gasteiger partial charge in [-0.1, -0.05) is 27.5 Å². The Bertz CT molecular complexity index is 625. The van der Waals surface area contributed by atoms with Crippen LogP contribution in [0.3, 0.4) is 0 Å². The molecule has 0 aliphatic carbocycles. The lowest BCUT2D eigenvalue weighted by Crippen LogP contribution is -2.00. The number of hydrogen-bond donors (Lipinski definition) is 1. The van der Waals surface area contributed by atoms with E-state index in [0.29, 0.717) is 43.3 Å². The topological polar surface area (TPSA) is 20.2 Å². The van der Waals surface area contributed by atoms with Gasteiger partial charge in [0.25, 0.3) is 0 Å². The first-order valence-electron chi connectivity index (χ1n) is 5.55. The summed E-state index contributed by atoms with van der Waals surface area (Å²) in [6.07, 6.45) is -3.99. The maximum Gasteiger partial charge on any atom is 0.425 e. The van der Waals surface area contributed by atoms with Crippen molar-refractivity contribution in [3.05, 3.63) is 54.6 Å². The molecule has 0 saturated heterocycles. The Morgan fingerprint density at radius 1 is 1.20 bits per heavy atom. The van der Waals surface area contributed by atoms with Crippen LogP contribution in [0.5, 0.6) is 0 Å². The van der Waals surface area contributed by atoms with E-state index in [0.717, 1.165) is 6.07 Å². The van der Waals surface area contributed by atoms with Gasteiger partial charge in [-0.2, -0.15) is 13.2 Å². The van der Waals surface area contributed by atoms with Gasteiger partial charge in [0.1, 0.15) is 4.88 Å². The van der Waals surface area contributed by atoms with Crippen LogP contribution in [0.2, 0.25) is 5.02 Å². The van der Waals surface area contributed by atoms with Crippen LogP contribution in [0.15, 0.2) is 28.7 Å². The van der Waals surface area contributed by atoms with Crippen molar-refractivity contribution in [3.63, 3.8) is 0 Å². The Morgan fingerprint density at radius 2 is 1.90 bits per heavy atom. The van der Waals surface area contributed by atoms with Crippen LogP contribution in [-0.4, -0.2) is 5.11 Å². The number of halogens is 5. The largest absolute Gasteiger partial charge is 0.425 e. The van der Waals surface area contributed by atoms with Crippen molar-refractivity contribution >= 4 is 38.9 Å². The zero-order valence-electron chi connectivity index (χ0n) is 9.97. The van der Waals surface area contributed by atoms with E-state index in [1.54, 1.807) is 12.1 Å². The molecule has 2 rings (SSSR count). The highest BCUT2D eigenvalue weighted by Crippen LogP contribution is 2.36. The number of thiophene rings is 1. The maximum atomic E-state index is 12.5. The lowest BCUT2D eigenvalue weighted by molar-refractivity contribution is -0.134. The number of aliphatic hydroxyl groups is 1. The van der Waals surface area contributed by atoms with Crippen molar-refractivity contribution in [3.8, 4) is 0 Å². The molecule has 1 heterocycles. The number of benzene rings is 1. The van der Waals surface area contributed by atoms with E-state index in [1.165, 1.54) is 6.07 Å². The molecule has 0 unspecified atom stereocenters. The molecule has 0 radical (unpaired) electrons. The maximum absolute atomic E-state index is 12.5. The fourth-order valence-electron chi connectivity index (χ4n) is 1.70. The minimum Gasteiger partial charge on any atom is -0.392 e. The van der Waals surface area contributed by atoms with Crippen molar-refractivity contribution < 1.29 is 18.3 Å². The lowest BCUT2D eigenvalue weighted by atomic mass is 10.1. The van der Waals surface area contributed by atoms with Crippen LogP contribution >= 0.6 is 38.9 Å². The molecular formula is C13H9BrClF3OS. The van der Waals surface area contributed by atoms with Gasteiger partial charge in [0.2, 0.25) is 0 Å². The summed E-state index contributed by atoms with van der Waals surface area (Å²) in [6, 6.07) is 5.86. The summed E-state index contributed by atoms with van der Waals surface area (Å²) in [4.78, 5) is -0.0301. The van der Waals surface area contributed by atoms with E-state index in [4.69, 9.17) is 16.7 Å². The number of alkyl halides is 3. The van der Waals surface area contributed by atoms with E-state index >= 15 is 0 Å². The summed E-state index contributed by atoms with van der Waals surface area (Å²) in [5.74, 6) is 0. The summed E-state index contributed by atoms with van der Waals surface area (Å²) in [7, 11) is 0. The second-order valence-corrected chi connectivity index (χ2v) is 6.56. The lowest BCUT2D eigenvalue weighted by Gasteiger charge is -2.07. The second-order valence-electron chi connectivity index (χ2n) is 4.13. The predicted octanol–water partition coefficient (Wildman–Crippen LogP) is 5.27. The van der Waals surface area contributed by atoms with Crippen LogP contribution in [0.4, 0.5) is 13.2 Å². The van der Waals surface area contributed by atoms with Gasteiger partial charge < -0.3 is 5.11 Å². The minimum absolute atomic E-state index is 0.155. The highest BCUT2D eigenvalue weighted by molar-refractivity contribution is 9.10. The van der Waals surface area contributed by atoms with Gasteiger partial charge in [-0.15, -0.1) is 11.3 Å². The molecule has 0 spiro atoms. The highest BCUT2D eigenvalue weighted by atomic mass is 79.9. The van der Waals surface area contributed by atoms with Gasteiger partial charge in [0.15, 0.2) is 0 Å². The van der Waals surface area contributed by atoms with Crippen molar-refractivity contribution in [2.45, 2.75) is 19.2 Å². The van der Waals surface area contributed by atoms with E-state index in [9.17, 15) is 13.2 Å². The Kier molecular flexibility index (Phi) is 4.79. The summed E-state index contributed by atoms with van der Waals surface area (Å²) in [5.41, 5.74) is 1.35. The Morgan fingerprint density at radius 3 is 2.45 bits per heavy atom. The van der Waals surface area contributed by atoms with Crippen molar-refractivity contribution in [1.82, 2.24) is 0 Å². The first-order chi connectivity index (χ1) is 9.31. The summed E-state index contributed by atoms with van der Waals surface area (Å²) >= 11 is 10.1. The van der Waals surface area contributed by atoms with E-state index < -0.39 is 11.1 Å². The fraction of sp³-hybridized carbons (Fsp3) is 0.231. The molecule has 0 amide bonds. The van der Waals surface area contributed by atoms with Crippen LogP contribution < -0.4 is 0 Å². The SMILES string of the molecule is OCc1cc(Cl)c(Cc2ccc(C(F)(F)F)s2)cc1Br. The predicted molar refractivity (Wildman–Crippen MR) is 77.2 cm³/mol. The highest BCUT2D eigenvalue weighted by Gasteiger charge is 2.32. The zero-order chi connectivity index (χ0) is 14.9. The van der Waals surface area contributed by atoms with Crippen molar-refractivity contribution in [2.24, 2.45) is 0 Å². The van der Waals surface area contributed by atoms with Gasteiger partial charge in [-0.25, -0.2) is 0 Å². The monoisotopic (exact) mass is 384 g/mol. The van der Waals surface area contributed by atoms with Gasteiger partial charge in [-0.05, 0) is 35.4 Å². The van der Waals surface area contributed by atoms with Gasteiger partial charge in [0.05, 0.1) is 6.61 Å². The molecule has 0 aliphatic rings. The van der Waals surface area contributed by atoms with E-state index in [1.807, 2.05) is 0 Å². The zero-order valence-corrected chi connectivity index (χ0v) is 13.1. The molecule has 1 aromatic heterocycles. The standard InChI is InChI=1S/C13H9BrClF3OS/c14-10-4-7(11(15)5-8(10)6-19)3-9-1-2-12(20-9)13(16,17)18/h1-2,4-5,19H,3,6H2. The molecule has 0 saturated carbocycles. The van der Waals surface area contributed by atoms with Gasteiger partial charge >= 0.3 is 6.18 Å². The molecule has 2 aromatic rings. The Hall–Kier alpha value is -0.560. The fourth-order valence-corrected chi connectivity index (χ4v) is 3.37. The molecule has 0 atom stereocenters. The molecule has 0 aliphatic heterocycles. The number of rotatable bonds is 3. The molecule has 0 bridgehead atoms. The average molecular weight is 386 g/mol. The van der Waals surface area contributed by atoms with Crippen LogP contribution in [0.25, 0.3) is 0 Å². The third kappa shape index (κ3) is 3.55. The van der Waals surface area contributed by atoms with Crippen LogP contribution in [0, 0.1) is 0 Å². The first-order valence-corrected chi connectivity index (χ1v) is 7.53. The molecule has 1 aromatic carbocycles. The summed E-state index contributed by atoms with van der Waals surface area (Å²) in [6.45, 7) is -0.155. The van der Waals surface area contributed by atoms with Crippen LogP contribution in [0.1, 0.15) is 20.9 Å². The number of aliphatic hydroxyl groups excluding tert-OH is 1.